The van der Waals surface area contributed by atoms with Gasteiger partial charge in [0.1, 0.15) is 17.3 Å². The van der Waals surface area contributed by atoms with Crippen LogP contribution in [0.15, 0.2) is 36.4 Å². The first-order chi connectivity index (χ1) is 14.1. The minimum Gasteiger partial charge on any atom is -0.497 e. The molecule has 1 atom stereocenters. The van der Waals surface area contributed by atoms with Crippen LogP contribution in [0.25, 0.3) is 0 Å². The molecule has 29 heavy (non-hydrogen) atoms. The van der Waals surface area contributed by atoms with Crippen LogP contribution < -0.4 is 9.47 Å². The summed E-state index contributed by atoms with van der Waals surface area (Å²) in [4.78, 5) is 0. The quantitative estimate of drug-likeness (QED) is 0.440. The summed E-state index contributed by atoms with van der Waals surface area (Å²) in [5.41, 5.74) is 3.15. The summed E-state index contributed by atoms with van der Waals surface area (Å²) < 4.78 is 25.9. The van der Waals surface area contributed by atoms with Gasteiger partial charge in [0.15, 0.2) is 0 Å². The van der Waals surface area contributed by atoms with E-state index in [2.05, 4.69) is 12.1 Å². The second-order valence-electron chi connectivity index (χ2n) is 8.18. The van der Waals surface area contributed by atoms with Crippen LogP contribution in [0.5, 0.6) is 11.5 Å². The van der Waals surface area contributed by atoms with Crippen LogP contribution in [-0.2, 0) is 18.3 Å². The smallest absolute Gasteiger partial charge is 0.127 e. The van der Waals surface area contributed by atoms with E-state index in [1.807, 2.05) is 12.1 Å². The van der Waals surface area contributed by atoms with Crippen LogP contribution >= 0.6 is 0 Å². The van der Waals surface area contributed by atoms with Crippen molar-refractivity contribution in [2.45, 2.75) is 63.2 Å². The lowest BCUT2D eigenvalue weighted by Crippen LogP contribution is -2.30. The number of hydrogen-bond donors (Lipinski definition) is 1. The zero-order valence-electron chi connectivity index (χ0n) is 17.7. The number of halogens is 1. The lowest BCUT2D eigenvalue weighted by atomic mass is 9.69. The first kappa shape index (κ1) is 21.6. The third kappa shape index (κ3) is 5.11. The number of unbranched alkanes of at least 4 members (excludes halogenated alkanes) is 3. The van der Waals surface area contributed by atoms with Gasteiger partial charge in [0.2, 0.25) is 0 Å². The van der Waals surface area contributed by atoms with Crippen LogP contribution in [0, 0.1) is 5.82 Å². The summed E-state index contributed by atoms with van der Waals surface area (Å²) in [6, 6.07) is 11.4. The normalized spacial score (nSPS) is 18.8. The first-order valence-corrected chi connectivity index (χ1v) is 10.7. The van der Waals surface area contributed by atoms with Gasteiger partial charge in [0.05, 0.1) is 14.2 Å². The Labute approximate surface area is 173 Å². The molecule has 0 aromatic heterocycles. The van der Waals surface area contributed by atoms with Gasteiger partial charge in [-0.3, -0.25) is 0 Å². The van der Waals surface area contributed by atoms with Crippen molar-refractivity contribution >= 4 is 0 Å². The molecule has 0 heterocycles. The van der Waals surface area contributed by atoms with Gasteiger partial charge in [0, 0.05) is 12.0 Å². The molecule has 1 aliphatic carbocycles. The molecule has 2 aromatic rings. The Hall–Kier alpha value is -2.07. The molecule has 1 aliphatic rings. The predicted molar refractivity (Wildman–Crippen MR) is 114 cm³/mol. The number of fused-ring (bicyclic) bond motifs is 1. The molecule has 0 bridgehead atoms. The molecule has 158 valence electrons. The summed E-state index contributed by atoms with van der Waals surface area (Å²) in [7, 11) is 3.33. The zero-order chi connectivity index (χ0) is 20.7. The molecule has 0 radical (unpaired) electrons. The van der Waals surface area contributed by atoms with Crippen molar-refractivity contribution in [3.05, 3.63) is 58.9 Å². The lowest BCUT2D eigenvalue weighted by Gasteiger charge is -2.35. The molecule has 0 spiro atoms. The van der Waals surface area contributed by atoms with Gasteiger partial charge in [-0.2, -0.15) is 0 Å². The van der Waals surface area contributed by atoms with Crippen molar-refractivity contribution in [2.75, 3.05) is 20.8 Å². The van der Waals surface area contributed by atoms with Gasteiger partial charge in [-0.05, 0) is 85.5 Å². The Morgan fingerprint density at radius 1 is 0.931 bits per heavy atom. The first-order valence-electron chi connectivity index (χ1n) is 10.7. The van der Waals surface area contributed by atoms with Crippen molar-refractivity contribution in [3.63, 3.8) is 0 Å². The highest BCUT2D eigenvalue weighted by Gasteiger charge is 2.36. The van der Waals surface area contributed by atoms with E-state index in [0.29, 0.717) is 5.75 Å². The Bertz CT molecular complexity index is 805. The largest absolute Gasteiger partial charge is 0.497 e. The maximum absolute atomic E-state index is 15.1. The SMILES string of the molecule is COc1ccc2c(c1)CCCC(CCCCCCO)(c1cc(OC)ccc1F)C2. The maximum atomic E-state index is 15.1. The van der Waals surface area contributed by atoms with E-state index < -0.39 is 0 Å². The Morgan fingerprint density at radius 2 is 1.66 bits per heavy atom. The lowest BCUT2D eigenvalue weighted by molar-refractivity contribution is 0.278. The number of hydrogen-bond acceptors (Lipinski definition) is 3. The van der Waals surface area contributed by atoms with Gasteiger partial charge in [-0.25, -0.2) is 4.39 Å². The third-order valence-corrected chi connectivity index (χ3v) is 6.35. The molecule has 4 heteroatoms. The monoisotopic (exact) mass is 400 g/mol. The average Bonchev–Trinajstić information content (AvgIpc) is 2.93. The Kier molecular flexibility index (Phi) is 7.54. The standard InChI is InChI=1S/C25H33FO3/c1-28-21-10-9-20-18-25(13-5-3-4-6-15-27,14-7-8-19(20)16-21)23-17-22(29-2)11-12-24(23)26/h9-12,16-17,27H,3-8,13-15,18H2,1-2H3. The van der Waals surface area contributed by atoms with Crippen LogP contribution in [0.2, 0.25) is 0 Å². The van der Waals surface area contributed by atoms with E-state index in [9.17, 15) is 0 Å². The summed E-state index contributed by atoms with van der Waals surface area (Å²) in [6.07, 6.45) is 8.67. The van der Waals surface area contributed by atoms with Crippen molar-refractivity contribution in [3.8, 4) is 11.5 Å². The number of ether oxygens (including phenoxy) is 2. The van der Waals surface area contributed by atoms with Crippen molar-refractivity contribution in [1.29, 1.82) is 0 Å². The van der Waals surface area contributed by atoms with Gasteiger partial charge < -0.3 is 14.6 Å². The highest BCUT2D eigenvalue weighted by molar-refractivity contribution is 5.42. The van der Waals surface area contributed by atoms with Crippen LogP contribution in [-0.4, -0.2) is 25.9 Å². The molecule has 1 N–H and O–H groups in total. The van der Waals surface area contributed by atoms with Crippen LogP contribution in [0.3, 0.4) is 0 Å². The number of aliphatic hydroxyl groups is 1. The Morgan fingerprint density at radius 3 is 2.41 bits per heavy atom. The van der Waals surface area contributed by atoms with Crippen molar-refractivity contribution in [2.24, 2.45) is 0 Å². The highest BCUT2D eigenvalue weighted by Crippen LogP contribution is 2.44. The molecule has 0 saturated heterocycles. The number of aliphatic hydroxyl groups excluding tert-OH is 1. The second kappa shape index (κ2) is 10.1. The summed E-state index contributed by atoms with van der Waals surface area (Å²) in [5.74, 6) is 1.45. The molecule has 3 nitrogen and oxygen atoms in total. The fraction of sp³-hybridized carbons (Fsp3) is 0.520. The third-order valence-electron chi connectivity index (χ3n) is 6.35. The minimum atomic E-state index is -0.238. The van der Waals surface area contributed by atoms with E-state index in [-0.39, 0.29) is 17.8 Å². The van der Waals surface area contributed by atoms with E-state index in [1.165, 1.54) is 11.1 Å². The molecular formula is C25H33FO3. The highest BCUT2D eigenvalue weighted by atomic mass is 19.1. The van der Waals surface area contributed by atoms with E-state index in [4.69, 9.17) is 14.6 Å². The topological polar surface area (TPSA) is 38.7 Å². The van der Waals surface area contributed by atoms with Crippen LogP contribution in [0.4, 0.5) is 4.39 Å². The summed E-state index contributed by atoms with van der Waals surface area (Å²) in [5, 5.41) is 9.05. The molecule has 1 unspecified atom stereocenters. The number of methoxy groups -OCH3 is 2. The van der Waals surface area contributed by atoms with Crippen molar-refractivity contribution in [1.82, 2.24) is 0 Å². The summed E-state index contributed by atoms with van der Waals surface area (Å²) >= 11 is 0. The van der Waals surface area contributed by atoms with Crippen LogP contribution in [0.1, 0.15) is 61.6 Å². The average molecular weight is 401 g/mol. The van der Waals surface area contributed by atoms with E-state index in [1.54, 1.807) is 26.4 Å². The van der Waals surface area contributed by atoms with Crippen molar-refractivity contribution < 1.29 is 19.0 Å². The van der Waals surface area contributed by atoms with Gasteiger partial charge in [-0.1, -0.05) is 25.3 Å². The van der Waals surface area contributed by atoms with E-state index in [0.717, 1.165) is 69.1 Å². The number of rotatable bonds is 9. The minimum absolute atomic E-state index is 0.141. The Balaban J connectivity index is 1.96. The van der Waals surface area contributed by atoms with E-state index >= 15 is 4.39 Å². The molecule has 0 saturated carbocycles. The maximum Gasteiger partial charge on any atom is 0.127 e. The molecular weight excluding hydrogens is 367 g/mol. The fourth-order valence-electron chi connectivity index (χ4n) is 4.75. The number of aryl methyl sites for hydroxylation is 1. The number of benzene rings is 2. The summed E-state index contributed by atoms with van der Waals surface area (Å²) in [6.45, 7) is 0.241. The zero-order valence-corrected chi connectivity index (χ0v) is 17.7. The molecule has 2 aromatic carbocycles. The molecule has 0 amide bonds. The molecule has 0 aliphatic heterocycles. The predicted octanol–water partition coefficient (Wildman–Crippen LogP) is 5.60. The second-order valence-corrected chi connectivity index (χ2v) is 8.18. The van der Waals surface area contributed by atoms with Gasteiger partial charge in [0.25, 0.3) is 0 Å². The molecule has 0 fully saturated rings. The molecule has 3 rings (SSSR count). The van der Waals surface area contributed by atoms with Gasteiger partial charge >= 0.3 is 0 Å². The van der Waals surface area contributed by atoms with Gasteiger partial charge in [-0.15, -0.1) is 0 Å². The fourth-order valence-corrected chi connectivity index (χ4v) is 4.75.